The zero-order chi connectivity index (χ0) is 33.3. The average molecular weight is 660 g/mol. The molecule has 0 unspecified atom stereocenters. The normalized spacial score (nSPS) is 12.7. The molecule has 0 saturated carbocycles. The van der Waals surface area contributed by atoms with Crippen LogP contribution in [0.2, 0.25) is 5.02 Å². The lowest BCUT2D eigenvalue weighted by Gasteiger charge is -2.34. The maximum Gasteiger partial charge on any atom is 0.264 e. The molecule has 2 atom stereocenters. The summed E-state index contributed by atoms with van der Waals surface area (Å²) in [5.41, 5.74) is 3.03. The van der Waals surface area contributed by atoms with Crippen molar-refractivity contribution in [3.05, 3.63) is 131 Å². The Hall–Kier alpha value is -4.14. The summed E-state index contributed by atoms with van der Waals surface area (Å²) < 4.78 is 29.4. The summed E-state index contributed by atoms with van der Waals surface area (Å²) in [7, 11) is -4.15. The van der Waals surface area contributed by atoms with E-state index in [0.717, 1.165) is 21.0 Å². The zero-order valence-corrected chi connectivity index (χ0v) is 28.3. The molecule has 0 aliphatic rings. The summed E-state index contributed by atoms with van der Waals surface area (Å²) in [5, 5.41) is 3.60. The van der Waals surface area contributed by atoms with E-state index in [1.54, 1.807) is 54.6 Å². The van der Waals surface area contributed by atoms with Crippen LogP contribution in [0.3, 0.4) is 0 Å². The summed E-state index contributed by atoms with van der Waals surface area (Å²) in [4.78, 5) is 30.0. The fourth-order valence-electron chi connectivity index (χ4n) is 5.06. The Bertz CT molecular complexity index is 1680. The summed E-state index contributed by atoms with van der Waals surface area (Å²) in [5.74, 6) is -0.575. The van der Waals surface area contributed by atoms with Crippen molar-refractivity contribution in [2.75, 3.05) is 10.8 Å². The highest BCUT2D eigenvalue weighted by Crippen LogP contribution is 2.27. The Morgan fingerprint density at radius 1 is 0.783 bits per heavy atom. The van der Waals surface area contributed by atoms with Gasteiger partial charge in [-0.15, -0.1) is 0 Å². The molecular formula is C37H42ClN3O4S. The van der Waals surface area contributed by atoms with Crippen molar-refractivity contribution in [3.8, 4) is 0 Å². The molecule has 0 aliphatic heterocycles. The number of carbonyl (C=O) groups is 2. The zero-order valence-electron chi connectivity index (χ0n) is 26.8. The van der Waals surface area contributed by atoms with Crippen LogP contribution in [-0.2, 0) is 32.6 Å². The van der Waals surface area contributed by atoms with Crippen LogP contribution in [0.5, 0.6) is 0 Å². The van der Waals surface area contributed by atoms with Gasteiger partial charge in [0.05, 0.1) is 10.6 Å². The number of benzene rings is 4. The Balaban J connectivity index is 1.80. The number of amides is 2. The van der Waals surface area contributed by atoms with Crippen LogP contribution in [0.4, 0.5) is 5.69 Å². The molecule has 7 nitrogen and oxygen atoms in total. The minimum absolute atomic E-state index is 0.0651. The van der Waals surface area contributed by atoms with Crippen LogP contribution in [0, 0.1) is 0 Å². The third-order valence-electron chi connectivity index (χ3n) is 8.00. The highest BCUT2D eigenvalue weighted by molar-refractivity contribution is 7.92. The van der Waals surface area contributed by atoms with Crippen molar-refractivity contribution in [3.63, 3.8) is 0 Å². The molecule has 0 bridgehead atoms. The van der Waals surface area contributed by atoms with E-state index in [-0.39, 0.29) is 35.7 Å². The first-order chi connectivity index (χ1) is 22.0. The second kappa shape index (κ2) is 15.9. The predicted molar refractivity (Wildman–Crippen MR) is 185 cm³/mol. The number of nitrogens with one attached hydrogen (secondary N) is 1. The molecule has 0 saturated heterocycles. The van der Waals surface area contributed by atoms with Gasteiger partial charge >= 0.3 is 0 Å². The molecule has 2 amide bonds. The van der Waals surface area contributed by atoms with E-state index in [9.17, 15) is 18.0 Å². The first kappa shape index (κ1) is 34.7. The smallest absolute Gasteiger partial charge is 0.264 e. The summed E-state index contributed by atoms with van der Waals surface area (Å²) in [6.07, 6.45) is 0.960. The number of carbonyl (C=O) groups excluding carboxylic acids is 2. The summed E-state index contributed by atoms with van der Waals surface area (Å²) in [6.45, 7) is 7.58. The first-order valence-corrected chi connectivity index (χ1v) is 17.4. The van der Waals surface area contributed by atoms with Gasteiger partial charge in [-0.2, -0.15) is 0 Å². The summed E-state index contributed by atoms with van der Waals surface area (Å²) in [6, 6.07) is 30.8. The van der Waals surface area contributed by atoms with Gasteiger partial charge in [0, 0.05) is 24.0 Å². The maximum absolute atomic E-state index is 14.6. The van der Waals surface area contributed by atoms with Gasteiger partial charge in [-0.05, 0) is 72.4 Å². The Kier molecular flexibility index (Phi) is 12.0. The van der Waals surface area contributed by atoms with Crippen LogP contribution < -0.4 is 9.62 Å². The molecular weight excluding hydrogens is 618 g/mol. The molecule has 4 rings (SSSR count). The van der Waals surface area contributed by atoms with E-state index in [2.05, 4.69) is 19.2 Å². The monoisotopic (exact) mass is 659 g/mol. The first-order valence-electron chi connectivity index (χ1n) is 15.6. The van der Waals surface area contributed by atoms with Gasteiger partial charge in [-0.3, -0.25) is 13.9 Å². The van der Waals surface area contributed by atoms with Crippen LogP contribution in [-0.4, -0.2) is 43.8 Å². The highest BCUT2D eigenvalue weighted by atomic mass is 35.5. The second-order valence-corrected chi connectivity index (χ2v) is 14.0. The maximum atomic E-state index is 14.6. The lowest BCUT2D eigenvalue weighted by molar-refractivity contribution is -0.140. The van der Waals surface area contributed by atoms with Crippen LogP contribution in [0.15, 0.2) is 114 Å². The summed E-state index contributed by atoms with van der Waals surface area (Å²) >= 11 is 6.16. The largest absolute Gasteiger partial charge is 0.352 e. The second-order valence-electron chi connectivity index (χ2n) is 11.7. The van der Waals surface area contributed by atoms with Crippen LogP contribution in [0.25, 0.3) is 0 Å². The molecule has 1 N–H and O–H groups in total. The standard InChI is InChI=1S/C37H42ClN3O4S/c1-5-28(4)39-37(43)35(24-29-12-8-6-9-13-29)40(25-30-16-20-32(38)21-17-30)36(42)26-41(33-22-18-31(19-23-33)27(2)3)46(44,45)34-14-10-7-11-15-34/h6-23,27-28,35H,5,24-26H2,1-4H3,(H,39,43)/t28-,35+/m1/s1. The SMILES string of the molecule is CC[C@@H](C)NC(=O)[C@H](Cc1ccccc1)N(Cc1ccc(Cl)cc1)C(=O)CN(c1ccc(C(C)C)cc1)S(=O)(=O)c1ccccc1. The minimum atomic E-state index is -4.15. The van der Waals surface area contributed by atoms with Crippen LogP contribution in [0.1, 0.15) is 56.7 Å². The fraction of sp³-hybridized carbons (Fsp3) is 0.297. The van der Waals surface area contributed by atoms with Gasteiger partial charge in [0.2, 0.25) is 11.8 Å². The number of halogens is 1. The van der Waals surface area contributed by atoms with Crippen molar-refractivity contribution in [2.24, 2.45) is 0 Å². The van der Waals surface area contributed by atoms with E-state index in [1.807, 2.05) is 56.3 Å². The highest BCUT2D eigenvalue weighted by Gasteiger charge is 2.35. The van der Waals surface area contributed by atoms with Gasteiger partial charge in [0.25, 0.3) is 10.0 Å². The Labute approximate surface area is 278 Å². The molecule has 0 aliphatic carbocycles. The minimum Gasteiger partial charge on any atom is -0.352 e. The van der Waals surface area contributed by atoms with E-state index in [4.69, 9.17) is 11.6 Å². The molecule has 242 valence electrons. The Morgan fingerprint density at radius 3 is 1.93 bits per heavy atom. The van der Waals surface area contributed by atoms with E-state index >= 15 is 0 Å². The van der Waals surface area contributed by atoms with Crippen molar-refractivity contribution in [1.29, 1.82) is 0 Å². The van der Waals surface area contributed by atoms with Crippen LogP contribution >= 0.6 is 11.6 Å². The van der Waals surface area contributed by atoms with Gasteiger partial charge in [0.1, 0.15) is 12.6 Å². The number of anilines is 1. The molecule has 0 spiro atoms. The topological polar surface area (TPSA) is 86.8 Å². The van der Waals surface area contributed by atoms with E-state index < -0.39 is 28.5 Å². The molecule has 0 aromatic heterocycles. The molecule has 4 aromatic carbocycles. The predicted octanol–water partition coefficient (Wildman–Crippen LogP) is 7.21. The Morgan fingerprint density at radius 2 is 1.37 bits per heavy atom. The molecule has 0 heterocycles. The van der Waals surface area contributed by atoms with Gasteiger partial charge < -0.3 is 10.2 Å². The third-order valence-corrected chi connectivity index (χ3v) is 10.0. The molecule has 46 heavy (non-hydrogen) atoms. The third kappa shape index (κ3) is 8.98. The lowest BCUT2D eigenvalue weighted by Crippen LogP contribution is -2.54. The van der Waals surface area contributed by atoms with Gasteiger partial charge in [-0.1, -0.05) is 105 Å². The number of rotatable bonds is 14. The number of hydrogen-bond acceptors (Lipinski definition) is 4. The molecule has 0 radical (unpaired) electrons. The number of sulfonamides is 1. The molecule has 9 heteroatoms. The average Bonchev–Trinajstić information content (AvgIpc) is 3.06. The quantitative estimate of drug-likeness (QED) is 0.155. The number of hydrogen-bond donors (Lipinski definition) is 1. The van der Waals surface area contributed by atoms with Gasteiger partial charge in [0.15, 0.2) is 0 Å². The molecule has 0 fully saturated rings. The van der Waals surface area contributed by atoms with Crippen molar-refractivity contribution in [2.45, 2.75) is 70.0 Å². The van der Waals surface area contributed by atoms with Gasteiger partial charge in [-0.25, -0.2) is 8.42 Å². The van der Waals surface area contributed by atoms with Crippen molar-refractivity contribution in [1.82, 2.24) is 10.2 Å². The van der Waals surface area contributed by atoms with E-state index in [1.165, 1.54) is 17.0 Å². The fourth-order valence-corrected chi connectivity index (χ4v) is 6.62. The molecule has 4 aromatic rings. The van der Waals surface area contributed by atoms with E-state index in [0.29, 0.717) is 17.1 Å². The van der Waals surface area contributed by atoms with Crippen molar-refractivity contribution >= 4 is 39.1 Å². The lowest BCUT2D eigenvalue weighted by atomic mass is 10.0. The van der Waals surface area contributed by atoms with Crippen molar-refractivity contribution < 1.29 is 18.0 Å². The number of nitrogens with zero attached hydrogens (tertiary/aromatic N) is 2.